The third kappa shape index (κ3) is 4.89. The summed E-state index contributed by atoms with van der Waals surface area (Å²) in [5.41, 5.74) is 7.67. The lowest BCUT2D eigenvalue weighted by atomic mass is 10.0. The molecule has 0 bridgehead atoms. The van der Waals surface area contributed by atoms with Gasteiger partial charge in [-0.2, -0.15) is 0 Å². The number of primary amides is 1. The summed E-state index contributed by atoms with van der Waals surface area (Å²) in [6.45, 7) is 5.92. The normalized spacial score (nSPS) is 11.0. The van der Waals surface area contributed by atoms with E-state index >= 15 is 0 Å². The molecule has 0 aliphatic heterocycles. The van der Waals surface area contributed by atoms with E-state index in [-0.39, 0.29) is 5.82 Å². The van der Waals surface area contributed by atoms with Crippen LogP contribution < -0.4 is 11.1 Å². The molecule has 0 fully saturated rings. The van der Waals surface area contributed by atoms with Crippen molar-refractivity contribution in [2.24, 2.45) is 11.7 Å². The van der Waals surface area contributed by atoms with Gasteiger partial charge in [0.05, 0.1) is 0 Å². The Balaban J connectivity index is 2.10. The molecule has 3 nitrogen and oxygen atoms in total. The molecule has 0 atom stereocenters. The van der Waals surface area contributed by atoms with Crippen LogP contribution in [-0.2, 0) is 6.54 Å². The smallest absolute Gasteiger partial charge is 0.248 e. The first kappa shape index (κ1) is 17.2. The number of hydrogen-bond donors (Lipinski definition) is 2. The molecule has 0 saturated heterocycles. The van der Waals surface area contributed by atoms with Gasteiger partial charge in [0.2, 0.25) is 5.91 Å². The predicted molar refractivity (Wildman–Crippen MR) is 91.5 cm³/mol. The second kappa shape index (κ2) is 7.88. The highest BCUT2D eigenvalue weighted by atomic mass is 19.1. The average molecular weight is 314 g/mol. The first-order valence-corrected chi connectivity index (χ1v) is 7.86. The summed E-state index contributed by atoms with van der Waals surface area (Å²) in [6.07, 6.45) is 1.10. The Morgan fingerprint density at radius 2 is 2.00 bits per heavy atom. The number of benzene rings is 2. The second-order valence-corrected chi connectivity index (χ2v) is 6.12. The first-order valence-electron chi connectivity index (χ1n) is 7.86. The maximum Gasteiger partial charge on any atom is 0.248 e. The van der Waals surface area contributed by atoms with E-state index < -0.39 is 5.91 Å². The SMILES string of the molecule is CC(C)CCNCc1ccc(-c2cccc(C(N)=O)c2)c(F)c1. The average Bonchev–Trinajstić information content (AvgIpc) is 2.51. The summed E-state index contributed by atoms with van der Waals surface area (Å²) in [5.74, 6) is -0.160. The fraction of sp³-hybridized carbons (Fsp3) is 0.316. The molecule has 0 saturated carbocycles. The lowest BCUT2D eigenvalue weighted by molar-refractivity contribution is 0.100. The van der Waals surface area contributed by atoms with E-state index in [2.05, 4.69) is 19.2 Å². The molecule has 0 aliphatic rings. The highest BCUT2D eigenvalue weighted by molar-refractivity contribution is 5.94. The summed E-state index contributed by atoms with van der Waals surface area (Å²) < 4.78 is 14.4. The molecule has 3 N–H and O–H groups in total. The van der Waals surface area contributed by atoms with E-state index in [1.54, 1.807) is 30.3 Å². The molecule has 0 unspecified atom stereocenters. The van der Waals surface area contributed by atoms with Crippen LogP contribution in [0.3, 0.4) is 0 Å². The van der Waals surface area contributed by atoms with E-state index in [1.807, 2.05) is 6.07 Å². The molecule has 0 radical (unpaired) electrons. The number of nitrogens with one attached hydrogen (secondary N) is 1. The Hall–Kier alpha value is -2.20. The van der Waals surface area contributed by atoms with Crippen molar-refractivity contribution >= 4 is 5.91 Å². The summed E-state index contributed by atoms with van der Waals surface area (Å²) >= 11 is 0. The standard InChI is InChI=1S/C19H23FN2O/c1-13(2)8-9-22-12-14-6-7-17(18(20)10-14)15-4-3-5-16(11-15)19(21)23/h3-7,10-11,13,22H,8-9,12H2,1-2H3,(H2,21,23). The molecule has 122 valence electrons. The van der Waals surface area contributed by atoms with Crippen molar-refractivity contribution in [3.63, 3.8) is 0 Å². The molecule has 2 rings (SSSR count). The number of nitrogens with two attached hydrogens (primary N) is 1. The number of amides is 1. The van der Waals surface area contributed by atoms with Gasteiger partial charge in [0.15, 0.2) is 0 Å². The molecule has 0 spiro atoms. The summed E-state index contributed by atoms with van der Waals surface area (Å²) in [5, 5.41) is 3.32. The zero-order valence-corrected chi connectivity index (χ0v) is 13.6. The van der Waals surface area contributed by atoms with Crippen molar-refractivity contribution in [3.8, 4) is 11.1 Å². The minimum Gasteiger partial charge on any atom is -0.366 e. The summed E-state index contributed by atoms with van der Waals surface area (Å²) in [4.78, 5) is 11.2. The largest absolute Gasteiger partial charge is 0.366 e. The zero-order chi connectivity index (χ0) is 16.8. The van der Waals surface area contributed by atoms with E-state index in [0.717, 1.165) is 18.5 Å². The van der Waals surface area contributed by atoms with Gasteiger partial charge in [-0.3, -0.25) is 4.79 Å². The van der Waals surface area contributed by atoms with Crippen LogP contribution in [0.25, 0.3) is 11.1 Å². The summed E-state index contributed by atoms with van der Waals surface area (Å²) in [6, 6.07) is 11.9. The number of hydrogen-bond acceptors (Lipinski definition) is 2. The van der Waals surface area contributed by atoms with Crippen molar-refractivity contribution in [1.82, 2.24) is 5.32 Å². The molecule has 23 heavy (non-hydrogen) atoms. The topological polar surface area (TPSA) is 55.1 Å². The molecular formula is C19H23FN2O. The highest BCUT2D eigenvalue weighted by Gasteiger charge is 2.08. The third-order valence-electron chi connectivity index (χ3n) is 3.72. The van der Waals surface area contributed by atoms with Crippen LogP contribution in [0.15, 0.2) is 42.5 Å². The molecular weight excluding hydrogens is 291 g/mol. The molecule has 2 aromatic carbocycles. The van der Waals surface area contributed by atoms with Crippen LogP contribution in [0.4, 0.5) is 4.39 Å². The van der Waals surface area contributed by atoms with Crippen LogP contribution >= 0.6 is 0 Å². The first-order chi connectivity index (χ1) is 11.0. The van der Waals surface area contributed by atoms with Crippen molar-refractivity contribution in [1.29, 1.82) is 0 Å². The molecule has 1 amide bonds. The molecule has 2 aromatic rings. The number of rotatable bonds is 7. The molecule has 0 heterocycles. The van der Waals surface area contributed by atoms with Crippen molar-refractivity contribution in [2.75, 3.05) is 6.54 Å². The van der Waals surface area contributed by atoms with Crippen LogP contribution in [0.5, 0.6) is 0 Å². The van der Waals surface area contributed by atoms with Gasteiger partial charge in [0, 0.05) is 17.7 Å². The predicted octanol–water partition coefficient (Wildman–Crippen LogP) is 3.73. The van der Waals surface area contributed by atoms with Crippen LogP contribution in [0.2, 0.25) is 0 Å². The Bertz CT molecular complexity index is 683. The van der Waals surface area contributed by atoms with E-state index in [9.17, 15) is 9.18 Å². The maximum atomic E-state index is 14.4. The van der Waals surface area contributed by atoms with Crippen LogP contribution in [-0.4, -0.2) is 12.5 Å². The minimum absolute atomic E-state index is 0.297. The van der Waals surface area contributed by atoms with Gasteiger partial charge in [-0.1, -0.05) is 38.1 Å². The monoisotopic (exact) mass is 314 g/mol. The third-order valence-corrected chi connectivity index (χ3v) is 3.72. The van der Waals surface area contributed by atoms with Gasteiger partial charge in [0.25, 0.3) is 0 Å². The number of halogens is 1. The molecule has 0 aromatic heterocycles. The van der Waals surface area contributed by atoms with Gasteiger partial charge in [-0.15, -0.1) is 0 Å². The number of carbonyl (C=O) groups is 1. The van der Waals surface area contributed by atoms with Gasteiger partial charge in [-0.05, 0) is 48.2 Å². The lowest BCUT2D eigenvalue weighted by Crippen LogP contribution is -2.16. The van der Waals surface area contributed by atoms with Gasteiger partial charge < -0.3 is 11.1 Å². The van der Waals surface area contributed by atoms with E-state index in [1.165, 1.54) is 6.07 Å². The maximum absolute atomic E-state index is 14.4. The van der Waals surface area contributed by atoms with Crippen molar-refractivity contribution in [3.05, 3.63) is 59.4 Å². The minimum atomic E-state index is -0.516. The second-order valence-electron chi connectivity index (χ2n) is 6.12. The Morgan fingerprint density at radius 1 is 1.22 bits per heavy atom. The van der Waals surface area contributed by atoms with Crippen LogP contribution in [0, 0.1) is 11.7 Å². The van der Waals surface area contributed by atoms with Gasteiger partial charge >= 0.3 is 0 Å². The highest BCUT2D eigenvalue weighted by Crippen LogP contribution is 2.24. The lowest BCUT2D eigenvalue weighted by Gasteiger charge is -2.09. The Labute approximate surface area is 136 Å². The molecule has 0 aliphatic carbocycles. The number of carbonyl (C=O) groups excluding carboxylic acids is 1. The fourth-order valence-electron chi connectivity index (χ4n) is 2.37. The van der Waals surface area contributed by atoms with Gasteiger partial charge in [0.1, 0.15) is 5.82 Å². The van der Waals surface area contributed by atoms with E-state index in [0.29, 0.717) is 29.2 Å². The van der Waals surface area contributed by atoms with Crippen molar-refractivity contribution < 1.29 is 9.18 Å². The van der Waals surface area contributed by atoms with Crippen LogP contribution in [0.1, 0.15) is 36.2 Å². The quantitative estimate of drug-likeness (QED) is 0.765. The van der Waals surface area contributed by atoms with E-state index in [4.69, 9.17) is 5.73 Å². The zero-order valence-electron chi connectivity index (χ0n) is 13.6. The van der Waals surface area contributed by atoms with Crippen molar-refractivity contribution in [2.45, 2.75) is 26.8 Å². The van der Waals surface area contributed by atoms with Gasteiger partial charge in [-0.25, -0.2) is 4.39 Å². The summed E-state index contributed by atoms with van der Waals surface area (Å²) in [7, 11) is 0. The molecule has 4 heteroatoms. The Kier molecular flexibility index (Phi) is 5.88. The fourth-order valence-corrected chi connectivity index (χ4v) is 2.37. The Morgan fingerprint density at radius 3 is 2.65 bits per heavy atom.